The highest BCUT2D eigenvalue weighted by Gasteiger charge is 2.25. The van der Waals surface area contributed by atoms with Gasteiger partial charge < -0.3 is 10.2 Å². The Bertz CT molecular complexity index is 108. The molecule has 0 aromatic rings. The summed E-state index contributed by atoms with van der Waals surface area (Å²) in [5.41, 5.74) is -0.409. The molecule has 0 aromatic heterocycles. The van der Waals surface area contributed by atoms with Crippen molar-refractivity contribution >= 4 is 0 Å². The normalized spacial score (nSPS) is 14.8. The lowest BCUT2D eigenvalue weighted by atomic mass is 9.86. The Morgan fingerprint density at radius 3 is 2.40 bits per heavy atom. The van der Waals surface area contributed by atoms with E-state index in [0.717, 1.165) is 0 Å². The summed E-state index contributed by atoms with van der Waals surface area (Å²) in [5.74, 6) is 0. The zero-order chi connectivity index (χ0) is 8.20. The molecule has 0 bridgehead atoms. The third kappa shape index (κ3) is 2.50. The minimum absolute atomic E-state index is 0.00199. The van der Waals surface area contributed by atoms with Crippen LogP contribution in [0, 0.1) is 5.41 Å². The first-order chi connectivity index (χ1) is 4.54. The van der Waals surface area contributed by atoms with Crippen molar-refractivity contribution in [3.8, 4) is 0 Å². The third-order valence-corrected chi connectivity index (χ3v) is 1.70. The molecule has 0 amide bonds. The van der Waals surface area contributed by atoms with E-state index in [1.807, 2.05) is 13.8 Å². The SMILES string of the molecule is C=CC[C@H](O)C(C)(C)CO. The summed E-state index contributed by atoms with van der Waals surface area (Å²) in [6, 6.07) is 0. The number of aliphatic hydroxyl groups excluding tert-OH is 2. The van der Waals surface area contributed by atoms with Crippen LogP contribution in [0.2, 0.25) is 0 Å². The Labute approximate surface area is 62.2 Å². The molecule has 0 aliphatic carbocycles. The zero-order valence-corrected chi connectivity index (χ0v) is 6.67. The maximum absolute atomic E-state index is 9.35. The molecule has 0 heterocycles. The molecular weight excluding hydrogens is 128 g/mol. The lowest BCUT2D eigenvalue weighted by Crippen LogP contribution is -2.32. The molecule has 2 heteroatoms. The summed E-state index contributed by atoms with van der Waals surface area (Å²) in [6.07, 6.45) is 1.70. The first kappa shape index (κ1) is 9.66. The molecule has 0 saturated carbocycles. The second-order valence-electron chi connectivity index (χ2n) is 3.19. The van der Waals surface area contributed by atoms with E-state index in [1.165, 1.54) is 0 Å². The fourth-order valence-corrected chi connectivity index (χ4v) is 0.582. The second-order valence-corrected chi connectivity index (χ2v) is 3.19. The van der Waals surface area contributed by atoms with E-state index in [-0.39, 0.29) is 6.61 Å². The number of hydrogen-bond acceptors (Lipinski definition) is 2. The van der Waals surface area contributed by atoms with E-state index in [2.05, 4.69) is 6.58 Å². The van der Waals surface area contributed by atoms with E-state index in [9.17, 15) is 5.11 Å². The van der Waals surface area contributed by atoms with Gasteiger partial charge in [-0.1, -0.05) is 19.9 Å². The molecule has 0 unspecified atom stereocenters. The number of hydrogen-bond donors (Lipinski definition) is 2. The van der Waals surface area contributed by atoms with Gasteiger partial charge in [0.25, 0.3) is 0 Å². The average Bonchev–Trinajstić information content (AvgIpc) is 1.89. The van der Waals surface area contributed by atoms with Crippen LogP contribution >= 0.6 is 0 Å². The minimum atomic E-state index is -0.491. The van der Waals surface area contributed by atoms with Gasteiger partial charge in [0, 0.05) is 5.41 Å². The van der Waals surface area contributed by atoms with Gasteiger partial charge >= 0.3 is 0 Å². The van der Waals surface area contributed by atoms with Crippen molar-refractivity contribution in [2.45, 2.75) is 26.4 Å². The Hall–Kier alpha value is -0.340. The fourth-order valence-electron chi connectivity index (χ4n) is 0.582. The average molecular weight is 144 g/mol. The summed E-state index contributed by atoms with van der Waals surface area (Å²) in [7, 11) is 0. The fraction of sp³-hybridized carbons (Fsp3) is 0.750. The second kappa shape index (κ2) is 3.74. The van der Waals surface area contributed by atoms with Crippen LogP contribution < -0.4 is 0 Å². The standard InChI is InChI=1S/C8H16O2/c1-4-5-7(10)8(2,3)6-9/h4,7,9-10H,1,5-6H2,2-3H3/t7-/m0/s1. The van der Waals surface area contributed by atoms with Crippen LogP contribution in [-0.2, 0) is 0 Å². The number of aliphatic hydroxyl groups is 2. The van der Waals surface area contributed by atoms with Gasteiger partial charge in [0.15, 0.2) is 0 Å². The molecule has 0 radical (unpaired) electrons. The van der Waals surface area contributed by atoms with Crippen molar-refractivity contribution in [2.24, 2.45) is 5.41 Å². The molecule has 0 aliphatic rings. The lowest BCUT2D eigenvalue weighted by Gasteiger charge is -2.27. The van der Waals surface area contributed by atoms with Crippen LogP contribution in [0.25, 0.3) is 0 Å². The van der Waals surface area contributed by atoms with Gasteiger partial charge in [-0.15, -0.1) is 6.58 Å². The van der Waals surface area contributed by atoms with Gasteiger partial charge in [-0.3, -0.25) is 0 Å². The summed E-state index contributed by atoms with van der Waals surface area (Å²) in [5, 5.41) is 18.1. The van der Waals surface area contributed by atoms with Crippen molar-refractivity contribution in [3.63, 3.8) is 0 Å². The quantitative estimate of drug-likeness (QED) is 0.576. The number of rotatable bonds is 4. The van der Waals surface area contributed by atoms with E-state index in [1.54, 1.807) is 6.08 Å². The highest BCUT2D eigenvalue weighted by Crippen LogP contribution is 2.21. The van der Waals surface area contributed by atoms with Gasteiger partial charge in [-0.2, -0.15) is 0 Å². The minimum Gasteiger partial charge on any atom is -0.396 e. The van der Waals surface area contributed by atoms with Crippen molar-refractivity contribution in [1.29, 1.82) is 0 Å². The molecule has 60 valence electrons. The van der Waals surface area contributed by atoms with E-state index >= 15 is 0 Å². The molecule has 2 nitrogen and oxygen atoms in total. The van der Waals surface area contributed by atoms with Crippen molar-refractivity contribution < 1.29 is 10.2 Å². The zero-order valence-electron chi connectivity index (χ0n) is 6.67. The van der Waals surface area contributed by atoms with Crippen LogP contribution in [-0.4, -0.2) is 22.9 Å². The molecular formula is C8H16O2. The lowest BCUT2D eigenvalue weighted by molar-refractivity contribution is 0.0102. The van der Waals surface area contributed by atoms with Crippen LogP contribution in [0.3, 0.4) is 0 Å². The topological polar surface area (TPSA) is 40.5 Å². The van der Waals surface area contributed by atoms with Gasteiger partial charge in [-0.25, -0.2) is 0 Å². The monoisotopic (exact) mass is 144 g/mol. The molecule has 0 fully saturated rings. The maximum Gasteiger partial charge on any atom is 0.0647 e. The highest BCUT2D eigenvalue weighted by molar-refractivity contribution is 4.82. The molecule has 0 aliphatic heterocycles. The molecule has 0 rings (SSSR count). The van der Waals surface area contributed by atoms with Crippen LogP contribution in [0.5, 0.6) is 0 Å². The van der Waals surface area contributed by atoms with Crippen LogP contribution in [0.4, 0.5) is 0 Å². The summed E-state index contributed by atoms with van der Waals surface area (Å²) >= 11 is 0. The van der Waals surface area contributed by atoms with Gasteiger partial charge in [0.2, 0.25) is 0 Å². The summed E-state index contributed by atoms with van der Waals surface area (Å²) in [6.45, 7) is 7.15. The van der Waals surface area contributed by atoms with Crippen LogP contribution in [0.15, 0.2) is 12.7 Å². The van der Waals surface area contributed by atoms with E-state index < -0.39 is 11.5 Å². The molecule has 0 spiro atoms. The van der Waals surface area contributed by atoms with Gasteiger partial charge in [-0.05, 0) is 6.42 Å². The van der Waals surface area contributed by atoms with Crippen molar-refractivity contribution in [1.82, 2.24) is 0 Å². The Balaban J connectivity index is 3.89. The van der Waals surface area contributed by atoms with Crippen molar-refractivity contribution in [2.75, 3.05) is 6.61 Å². The summed E-state index contributed by atoms with van der Waals surface area (Å²) < 4.78 is 0. The Kier molecular flexibility index (Phi) is 3.61. The predicted octanol–water partition coefficient (Wildman–Crippen LogP) is 0.942. The smallest absolute Gasteiger partial charge is 0.0647 e. The van der Waals surface area contributed by atoms with E-state index in [4.69, 9.17) is 5.11 Å². The summed E-state index contributed by atoms with van der Waals surface area (Å²) in [4.78, 5) is 0. The highest BCUT2D eigenvalue weighted by atomic mass is 16.3. The van der Waals surface area contributed by atoms with E-state index in [0.29, 0.717) is 6.42 Å². The molecule has 0 saturated heterocycles. The maximum atomic E-state index is 9.35. The first-order valence-corrected chi connectivity index (χ1v) is 3.44. The molecule has 10 heavy (non-hydrogen) atoms. The van der Waals surface area contributed by atoms with Gasteiger partial charge in [0.05, 0.1) is 12.7 Å². The largest absolute Gasteiger partial charge is 0.396 e. The Morgan fingerprint density at radius 1 is 1.60 bits per heavy atom. The third-order valence-electron chi connectivity index (χ3n) is 1.70. The van der Waals surface area contributed by atoms with Crippen molar-refractivity contribution in [3.05, 3.63) is 12.7 Å². The van der Waals surface area contributed by atoms with Crippen LogP contribution in [0.1, 0.15) is 20.3 Å². The predicted molar refractivity (Wildman–Crippen MR) is 41.7 cm³/mol. The Morgan fingerprint density at radius 2 is 2.10 bits per heavy atom. The molecule has 2 N–H and O–H groups in total. The first-order valence-electron chi connectivity index (χ1n) is 3.44. The molecule has 1 atom stereocenters. The van der Waals surface area contributed by atoms with Gasteiger partial charge in [0.1, 0.15) is 0 Å². The molecule has 0 aromatic carbocycles.